The minimum Gasteiger partial charge on any atom is -0.393 e. The van der Waals surface area contributed by atoms with Crippen molar-refractivity contribution >= 4 is 0 Å². The van der Waals surface area contributed by atoms with E-state index in [0.717, 1.165) is 19.3 Å². The second kappa shape index (κ2) is 25.7. The molecule has 0 rings (SSSR count). The highest BCUT2D eigenvalue weighted by Gasteiger charge is 2.01. The van der Waals surface area contributed by atoms with Crippen LogP contribution < -0.4 is 0 Å². The van der Waals surface area contributed by atoms with Crippen molar-refractivity contribution < 1.29 is 5.11 Å². The Balaban J connectivity index is 3.15. The van der Waals surface area contributed by atoms with Crippen molar-refractivity contribution in [1.82, 2.24) is 0 Å². The van der Waals surface area contributed by atoms with Crippen molar-refractivity contribution in [2.24, 2.45) is 0 Å². The van der Waals surface area contributed by atoms with E-state index in [1.54, 1.807) is 0 Å². The molecule has 1 atom stereocenters. The van der Waals surface area contributed by atoms with Crippen LogP contribution in [0.25, 0.3) is 0 Å². The fourth-order valence-electron chi connectivity index (χ4n) is 4.11. The summed E-state index contributed by atoms with van der Waals surface area (Å²) < 4.78 is 0. The van der Waals surface area contributed by atoms with Gasteiger partial charge in [-0.25, -0.2) is 0 Å². The number of unbranched alkanes of at least 4 members (excludes halogenated alkanes) is 18. The lowest BCUT2D eigenvalue weighted by atomic mass is 10.0. The van der Waals surface area contributed by atoms with E-state index in [2.05, 4.69) is 26.0 Å². The monoisotopic (exact) mass is 408 g/mol. The lowest BCUT2D eigenvalue weighted by Gasteiger charge is -2.08. The van der Waals surface area contributed by atoms with E-state index in [4.69, 9.17) is 0 Å². The van der Waals surface area contributed by atoms with E-state index in [1.807, 2.05) is 0 Å². The third-order valence-electron chi connectivity index (χ3n) is 6.20. The number of hydrogen-bond acceptors (Lipinski definition) is 1. The maximum atomic E-state index is 9.96. The molecule has 174 valence electrons. The molecule has 0 aromatic carbocycles. The van der Waals surface area contributed by atoms with Crippen molar-refractivity contribution in [2.45, 2.75) is 168 Å². The predicted octanol–water partition coefficient (Wildman–Crippen LogP) is 9.92. The summed E-state index contributed by atoms with van der Waals surface area (Å²) in [5.41, 5.74) is 0. The normalized spacial score (nSPS) is 12.8. The Morgan fingerprint density at radius 3 is 1.31 bits per heavy atom. The average molecular weight is 409 g/mol. The average Bonchev–Trinajstić information content (AvgIpc) is 2.73. The minimum absolute atomic E-state index is 0.0812. The molecule has 0 heterocycles. The zero-order chi connectivity index (χ0) is 21.3. The maximum Gasteiger partial charge on any atom is 0.0543 e. The number of rotatable bonds is 24. The first-order valence-electron chi connectivity index (χ1n) is 13.6. The SMILES string of the molecule is CCCCCCCCCCCCCCCCCC=CCCC(O)CCCCCC. The van der Waals surface area contributed by atoms with Gasteiger partial charge in [-0.05, 0) is 32.1 Å². The summed E-state index contributed by atoms with van der Waals surface area (Å²) in [5.74, 6) is 0. The lowest BCUT2D eigenvalue weighted by Crippen LogP contribution is -2.05. The van der Waals surface area contributed by atoms with Crippen LogP contribution >= 0.6 is 0 Å². The van der Waals surface area contributed by atoms with Crippen molar-refractivity contribution in [3.63, 3.8) is 0 Å². The molecule has 0 saturated carbocycles. The van der Waals surface area contributed by atoms with Crippen LogP contribution in [0.3, 0.4) is 0 Å². The van der Waals surface area contributed by atoms with Gasteiger partial charge in [-0.1, -0.05) is 142 Å². The Hall–Kier alpha value is -0.300. The standard InChI is InChI=1S/C28H56O/c1-3-5-7-9-10-11-12-13-14-15-16-17-18-19-20-21-22-23-25-27-28(29)26-24-8-6-4-2/h22-23,28-29H,3-21,24-27H2,1-2H3. The van der Waals surface area contributed by atoms with E-state index < -0.39 is 0 Å². The van der Waals surface area contributed by atoms with Crippen LogP contribution in [0.4, 0.5) is 0 Å². The molecule has 0 fully saturated rings. The summed E-state index contributed by atoms with van der Waals surface area (Å²) >= 11 is 0. The highest BCUT2D eigenvalue weighted by molar-refractivity contribution is 4.82. The van der Waals surface area contributed by atoms with Gasteiger partial charge >= 0.3 is 0 Å². The zero-order valence-corrected chi connectivity index (χ0v) is 20.4. The van der Waals surface area contributed by atoms with Gasteiger partial charge in [-0.15, -0.1) is 0 Å². The Bertz CT molecular complexity index is 309. The highest BCUT2D eigenvalue weighted by atomic mass is 16.3. The van der Waals surface area contributed by atoms with Crippen LogP contribution in [0.2, 0.25) is 0 Å². The van der Waals surface area contributed by atoms with Crippen molar-refractivity contribution in [3.8, 4) is 0 Å². The van der Waals surface area contributed by atoms with E-state index in [9.17, 15) is 5.11 Å². The molecular formula is C28H56O. The van der Waals surface area contributed by atoms with Crippen molar-refractivity contribution in [2.75, 3.05) is 0 Å². The fourth-order valence-corrected chi connectivity index (χ4v) is 4.11. The predicted molar refractivity (Wildman–Crippen MR) is 133 cm³/mol. The van der Waals surface area contributed by atoms with E-state index in [1.165, 1.54) is 128 Å². The Morgan fingerprint density at radius 1 is 0.448 bits per heavy atom. The van der Waals surface area contributed by atoms with Crippen LogP contribution in [0.15, 0.2) is 12.2 Å². The van der Waals surface area contributed by atoms with E-state index in [-0.39, 0.29) is 6.10 Å². The van der Waals surface area contributed by atoms with Crippen LogP contribution in [0, 0.1) is 0 Å². The second-order valence-corrected chi connectivity index (χ2v) is 9.29. The first-order valence-corrected chi connectivity index (χ1v) is 13.6. The molecule has 1 heteroatoms. The zero-order valence-electron chi connectivity index (χ0n) is 20.4. The van der Waals surface area contributed by atoms with Gasteiger partial charge in [-0.2, -0.15) is 0 Å². The Labute approximate surface area is 185 Å². The highest BCUT2D eigenvalue weighted by Crippen LogP contribution is 2.14. The number of hydrogen-bond donors (Lipinski definition) is 1. The molecule has 0 aliphatic heterocycles. The van der Waals surface area contributed by atoms with Gasteiger partial charge in [0.15, 0.2) is 0 Å². The molecule has 29 heavy (non-hydrogen) atoms. The molecule has 0 aromatic heterocycles. The smallest absolute Gasteiger partial charge is 0.0543 e. The molecule has 0 aliphatic carbocycles. The summed E-state index contributed by atoms with van der Waals surface area (Å²) in [6.07, 6.45) is 35.3. The third kappa shape index (κ3) is 25.7. The first-order chi connectivity index (χ1) is 14.3. The molecule has 0 saturated heterocycles. The van der Waals surface area contributed by atoms with Crippen LogP contribution in [-0.2, 0) is 0 Å². The number of aliphatic hydroxyl groups excluding tert-OH is 1. The molecule has 0 aromatic rings. The number of aliphatic hydroxyl groups is 1. The Kier molecular flexibility index (Phi) is 25.5. The van der Waals surface area contributed by atoms with Gasteiger partial charge in [0.05, 0.1) is 6.10 Å². The van der Waals surface area contributed by atoms with Gasteiger partial charge < -0.3 is 5.11 Å². The van der Waals surface area contributed by atoms with Gasteiger partial charge in [0.2, 0.25) is 0 Å². The maximum absolute atomic E-state index is 9.96. The summed E-state index contributed by atoms with van der Waals surface area (Å²) in [6.45, 7) is 4.53. The van der Waals surface area contributed by atoms with Crippen LogP contribution in [-0.4, -0.2) is 11.2 Å². The van der Waals surface area contributed by atoms with Crippen LogP contribution in [0.1, 0.15) is 162 Å². The quantitative estimate of drug-likeness (QED) is 0.124. The summed E-state index contributed by atoms with van der Waals surface area (Å²) in [6, 6.07) is 0. The molecule has 0 aliphatic rings. The molecule has 0 amide bonds. The van der Waals surface area contributed by atoms with Crippen molar-refractivity contribution in [3.05, 3.63) is 12.2 Å². The van der Waals surface area contributed by atoms with Gasteiger partial charge in [0.25, 0.3) is 0 Å². The molecule has 1 unspecified atom stereocenters. The summed E-state index contributed by atoms with van der Waals surface area (Å²) in [4.78, 5) is 0. The topological polar surface area (TPSA) is 20.2 Å². The molecule has 0 radical (unpaired) electrons. The molecule has 1 N–H and O–H groups in total. The van der Waals surface area contributed by atoms with Gasteiger partial charge in [-0.3, -0.25) is 0 Å². The molecule has 0 spiro atoms. The summed E-state index contributed by atoms with van der Waals surface area (Å²) in [5, 5.41) is 9.96. The lowest BCUT2D eigenvalue weighted by molar-refractivity contribution is 0.152. The largest absolute Gasteiger partial charge is 0.393 e. The van der Waals surface area contributed by atoms with E-state index in [0.29, 0.717) is 0 Å². The molecule has 0 bridgehead atoms. The molecule has 1 nitrogen and oxygen atoms in total. The van der Waals surface area contributed by atoms with Gasteiger partial charge in [0, 0.05) is 0 Å². The van der Waals surface area contributed by atoms with Crippen LogP contribution in [0.5, 0.6) is 0 Å². The third-order valence-corrected chi connectivity index (χ3v) is 6.20. The number of allylic oxidation sites excluding steroid dienone is 2. The minimum atomic E-state index is -0.0812. The molecular weight excluding hydrogens is 352 g/mol. The van der Waals surface area contributed by atoms with E-state index >= 15 is 0 Å². The summed E-state index contributed by atoms with van der Waals surface area (Å²) in [7, 11) is 0. The fraction of sp³-hybridized carbons (Fsp3) is 0.929. The van der Waals surface area contributed by atoms with Gasteiger partial charge in [0.1, 0.15) is 0 Å². The first kappa shape index (κ1) is 28.7. The Morgan fingerprint density at radius 2 is 0.828 bits per heavy atom. The second-order valence-electron chi connectivity index (χ2n) is 9.29. The van der Waals surface area contributed by atoms with Crippen molar-refractivity contribution in [1.29, 1.82) is 0 Å².